The number of nitrogens with two attached hydrogens (primary N) is 1. The third-order valence-corrected chi connectivity index (χ3v) is 3.95. The SMILES string of the molecule is COc1ccc(C2(CCN)CCCC2)cc1F. The highest BCUT2D eigenvalue weighted by molar-refractivity contribution is 5.34. The molecule has 1 fully saturated rings. The van der Waals surface area contributed by atoms with E-state index in [0.717, 1.165) is 24.8 Å². The van der Waals surface area contributed by atoms with Gasteiger partial charge < -0.3 is 10.5 Å². The van der Waals surface area contributed by atoms with Gasteiger partial charge in [-0.05, 0) is 48.9 Å². The van der Waals surface area contributed by atoms with Crippen LogP contribution in [-0.4, -0.2) is 13.7 Å². The van der Waals surface area contributed by atoms with E-state index in [2.05, 4.69) is 0 Å². The van der Waals surface area contributed by atoms with E-state index in [-0.39, 0.29) is 11.2 Å². The molecule has 94 valence electrons. The molecule has 1 aromatic rings. The third kappa shape index (κ3) is 2.29. The van der Waals surface area contributed by atoms with Crippen LogP contribution in [0.4, 0.5) is 4.39 Å². The zero-order chi connectivity index (χ0) is 12.3. The lowest BCUT2D eigenvalue weighted by atomic mass is 9.76. The molecule has 2 rings (SSSR count). The van der Waals surface area contributed by atoms with E-state index in [4.69, 9.17) is 10.5 Å². The Kier molecular flexibility index (Phi) is 3.67. The molecule has 1 saturated carbocycles. The number of hydrogen-bond donors (Lipinski definition) is 1. The smallest absolute Gasteiger partial charge is 0.165 e. The minimum atomic E-state index is -0.270. The summed E-state index contributed by atoms with van der Waals surface area (Å²) in [6.45, 7) is 0.660. The maximum absolute atomic E-state index is 13.8. The summed E-state index contributed by atoms with van der Waals surface area (Å²) in [6.07, 6.45) is 5.62. The van der Waals surface area contributed by atoms with E-state index in [1.54, 1.807) is 12.1 Å². The molecule has 1 aromatic carbocycles. The third-order valence-electron chi connectivity index (χ3n) is 3.95. The van der Waals surface area contributed by atoms with E-state index < -0.39 is 0 Å². The maximum Gasteiger partial charge on any atom is 0.165 e. The number of ether oxygens (including phenoxy) is 1. The molecule has 0 aliphatic heterocycles. The number of halogens is 1. The first-order chi connectivity index (χ1) is 8.22. The van der Waals surface area contributed by atoms with Crippen LogP contribution >= 0.6 is 0 Å². The van der Waals surface area contributed by atoms with Crippen molar-refractivity contribution in [2.75, 3.05) is 13.7 Å². The molecule has 0 amide bonds. The highest BCUT2D eigenvalue weighted by Crippen LogP contribution is 2.44. The fourth-order valence-electron chi connectivity index (χ4n) is 3.01. The van der Waals surface area contributed by atoms with Crippen molar-refractivity contribution in [1.29, 1.82) is 0 Å². The van der Waals surface area contributed by atoms with Gasteiger partial charge in [-0.1, -0.05) is 18.9 Å². The molecule has 17 heavy (non-hydrogen) atoms. The van der Waals surface area contributed by atoms with Crippen LogP contribution in [0.25, 0.3) is 0 Å². The molecule has 1 aliphatic rings. The summed E-state index contributed by atoms with van der Waals surface area (Å²) >= 11 is 0. The zero-order valence-corrected chi connectivity index (χ0v) is 10.3. The van der Waals surface area contributed by atoms with Gasteiger partial charge in [-0.3, -0.25) is 0 Å². The fraction of sp³-hybridized carbons (Fsp3) is 0.571. The summed E-state index contributed by atoms with van der Waals surface area (Å²) < 4.78 is 18.7. The Morgan fingerprint density at radius 2 is 2.06 bits per heavy atom. The van der Waals surface area contributed by atoms with Gasteiger partial charge in [0.05, 0.1) is 7.11 Å². The van der Waals surface area contributed by atoms with Crippen molar-refractivity contribution in [1.82, 2.24) is 0 Å². The fourth-order valence-corrected chi connectivity index (χ4v) is 3.01. The second-order valence-electron chi connectivity index (χ2n) is 4.88. The first-order valence-electron chi connectivity index (χ1n) is 6.26. The summed E-state index contributed by atoms with van der Waals surface area (Å²) in [5.41, 5.74) is 6.89. The molecule has 2 N–H and O–H groups in total. The average molecular weight is 237 g/mol. The number of rotatable bonds is 4. The van der Waals surface area contributed by atoms with Crippen molar-refractivity contribution in [3.8, 4) is 5.75 Å². The minimum Gasteiger partial charge on any atom is -0.494 e. The van der Waals surface area contributed by atoms with E-state index in [0.29, 0.717) is 12.3 Å². The van der Waals surface area contributed by atoms with E-state index in [1.165, 1.54) is 20.0 Å². The van der Waals surface area contributed by atoms with Gasteiger partial charge in [-0.2, -0.15) is 0 Å². The molecule has 0 radical (unpaired) electrons. The molecule has 0 atom stereocenters. The lowest BCUT2D eigenvalue weighted by Gasteiger charge is -2.29. The Hall–Kier alpha value is -1.09. The van der Waals surface area contributed by atoms with Gasteiger partial charge in [-0.15, -0.1) is 0 Å². The molecule has 3 heteroatoms. The van der Waals surface area contributed by atoms with Gasteiger partial charge >= 0.3 is 0 Å². The topological polar surface area (TPSA) is 35.2 Å². The Balaban J connectivity index is 2.33. The molecular weight excluding hydrogens is 217 g/mol. The average Bonchev–Trinajstić information content (AvgIpc) is 2.79. The predicted octanol–water partition coefficient (Wildman–Crippen LogP) is 2.99. The molecule has 0 aromatic heterocycles. The number of hydrogen-bond acceptors (Lipinski definition) is 2. The number of benzene rings is 1. The van der Waals surface area contributed by atoms with Crippen molar-refractivity contribution >= 4 is 0 Å². The summed E-state index contributed by atoms with van der Waals surface area (Å²) in [6, 6.07) is 5.34. The van der Waals surface area contributed by atoms with Crippen LogP contribution in [0.2, 0.25) is 0 Å². The van der Waals surface area contributed by atoms with Crippen molar-refractivity contribution < 1.29 is 9.13 Å². The van der Waals surface area contributed by atoms with Crippen molar-refractivity contribution in [3.05, 3.63) is 29.6 Å². The van der Waals surface area contributed by atoms with Gasteiger partial charge in [0.1, 0.15) is 0 Å². The van der Waals surface area contributed by atoms with Crippen molar-refractivity contribution in [3.63, 3.8) is 0 Å². The first kappa shape index (κ1) is 12.4. The van der Waals surface area contributed by atoms with Gasteiger partial charge in [0.25, 0.3) is 0 Å². The summed E-state index contributed by atoms with van der Waals surface area (Å²) in [7, 11) is 1.49. The van der Waals surface area contributed by atoms with Gasteiger partial charge in [0.15, 0.2) is 11.6 Å². The zero-order valence-electron chi connectivity index (χ0n) is 10.3. The highest BCUT2D eigenvalue weighted by atomic mass is 19.1. The first-order valence-corrected chi connectivity index (χ1v) is 6.26. The van der Waals surface area contributed by atoms with Crippen LogP contribution < -0.4 is 10.5 Å². The molecule has 0 bridgehead atoms. The predicted molar refractivity (Wildman–Crippen MR) is 66.8 cm³/mol. The Labute approximate surface area is 102 Å². The maximum atomic E-state index is 13.8. The standard InChI is InChI=1S/C14H20FNO/c1-17-13-5-4-11(10-12(13)15)14(8-9-16)6-2-3-7-14/h4-5,10H,2-3,6-9,16H2,1H3. The monoisotopic (exact) mass is 237 g/mol. The van der Waals surface area contributed by atoms with E-state index >= 15 is 0 Å². The molecule has 1 aliphatic carbocycles. The normalized spacial score (nSPS) is 18.3. The molecule has 2 nitrogen and oxygen atoms in total. The van der Waals surface area contributed by atoms with Gasteiger partial charge in [0.2, 0.25) is 0 Å². The van der Waals surface area contributed by atoms with Gasteiger partial charge in [-0.25, -0.2) is 4.39 Å². The van der Waals surface area contributed by atoms with Crippen LogP contribution in [0.15, 0.2) is 18.2 Å². The summed E-state index contributed by atoms with van der Waals surface area (Å²) in [5, 5.41) is 0. The Morgan fingerprint density at radius 3 is 2.59 bits per heavy atom. The molecule has 0 unspecified atom stereocenters. The molecule has 0 saturated heterocycles. The Morgan fingerprint density at radius 1 is 1.35 bits per heavy atom. The van der Waals surface area contributed by atoms with E-state index in [1.807, 2.05) is 6.07 Å². The summed E-state index contributed by atoms with van der Waals surface area (Å²) in [5.74, 6) is 0.0444. The summed E-state index contributed by atoms with van der Waals surface area (Å²) in [4.78, 5) is 0. The molecule has 0 heterocycles. The van der Waals surface area contributed by atoms with Crippen LogP contribution in [0.3, 0.4) is 0 Å². The quantitative estimate of drug-likeness (QED) is 0.873. The van der Waals surface area contributed by atoms with E-state index in [9.17, 15) is 4.39 Å². The molecular formula is C14H20FNO. The van der Waals surface area contributed by atoms with Crippen LogP contribution in [0.1, 0.15) is 37.7 Å². The minimum absolute atomic E-state index is 0.0991. The second kappa shape index (κ2) is 5.05. The van der Waals surface area contributed by atoms with Crippen LogP contribution in [0.5, 0.6) is 5.75 Å². The largest absolute Gasteiger partial charge is 0.494 e. The van der Waals surface area contributed by atoms with Crippen LogP contribution in [-0.2, 0) is 5.41 Å². The van der Waals surface area contributed by atoms with Crippen molar-refractivity contribution in [2.24, 2.45) is 5.73 Å². The lowest BCUT2D eigenvalue weighted by Crippen LogP contribution is -2.26. The van der Waals surface area contributed by atoms with Gasteiger partial charge in [0, 0.05) is 0 Å². The van der Waals surface area contributed by atoms with Crippen LogP contribution in [0, 0.1) is 5.82 Å². The molecule has 0 spiro atoms. The Bertz CT molecular complexity index is 386. The van der Waals surface area contributed by atoms with Crippen molar-refractivity contribution in [2.45, 2.75) is 37.5 Å². The highest BCUT2D eigenvalue weighted by Gasteiger charge is 2.35. The number of methoxy groups -OCH3 is 1. The second-order valence-corrected chi connectivity index (χ2v) is 4.88. The lowest BCUT2D eigenvalue weighted by molar-refractivity contribution is 0.379.